The number of hydrogen-bond acceptors (Lipinski definition) is 4. The van der Waals surface area contributed by atoms with Gasteiger partial charge in [-0.15, -0.1) is 6.58 Å². The Morgan fingerprint density at radius 2 is 1.94 bits per heavy atom. The van der Waals surface area contributed by atoms with Crippen LogP contribution in [-0.4, -0.2) is 42.5 Å². The van der Waals surface area contributed by atoms with E-state index in [-0.39, 0.29) is 5.91 Å². The number of aromatic nitrogens is 1. The van der Waals surface area contributed by atoms with E-state index in [1.165, 1.54) is 16.7 Å². The second-order valence-electron chi connectivity index (χ2n) is 7.04. The summed E-state index contributed by atoms with van der Waals surface area (Å²) in [6.45, 7) is 19.8. The van der Waals surface area contributed by atoms with Crippen molar-refractivity contribution in [2.24, 2.45) is 0 Å². The zero-order valence-electron chi connectivity index (χ0n) is 21.5. The van der Waals surface area contributed by atoms with E-state index in [4.69, 9.17) is 0 Å². The highest BCUT2D eigenvalue weighted by atomic mass is 16.2. The molecule has 0 radical (unpaired) electrons. The van der Waals surface area contributed by atoms with Gasteiger partial charge in [0.15, 0.2) is 0 Å². The minimum atomic E-state index is 0.267. The lowest BCUT2D eigenvalue weighted by Gasteiger charge is -2.22. The molecule has 2 aliphatic heterocycles. The van der Waals surface area contributed by atoms with Gasteiger partial charge in [-0.05, 0) is 44.9 Å². The summed E-state index contributed by atoms with van der Waals surface area (Å²) in [5.41, 5.74) is 5.82. The monoisotopic (exact) mass is 440 g/mol. The number of hydrogen-bond donors (Lipinski definition) is 2. The molecule has 0 unspecified atom stereocenters. The number of pyridine rings is 1. The fourth-order valence-electron chi connectivity index (χ4n) is 3.34. The number of rotatable bonds is 5. The lowest BCUT2D eigenvalue weighted by atomic mass is 9.93. The van der Waals surface area contributed by atoms with Gasteiger partial charge < -0.3 is 15.5 Å². The maximum absolute atomic E-state index is 11.9. The number of nitrogens with one attached hydrogen (secondary N) is 2. The number of dihydropyridines is 1. The first-order chi connectivity index (χ1) is 15.5. The highest BCUT2D eigenvalue weighted by Gasteiger charge is 2.20. The number of nitrogens with zero attached hydrogens (tertiary/aromatic N) is 2. The lowest BCUT2D eigenvalue weighted by molar-refractivity contribution is -0.127. The van der Waals surface area contributed by atoms with Gasteiger partial charge in [-0.1, -0.05) is 51.5 Å². The summed E-state index contributed by atoms with van der Waals surface area (Å²) in [7, 11) is 1.87. The van der Waals surface area contributed by atoms with E-state index in [0.29, 0.717) is 13.0 Å². The number of amides is 1. The fourth-order valence-corrected chi connectivity index (χ4v) is 3.34. The molecule has 1 aromatic rings. The van der Waals surface area contributed by atoms with Crippen LogP contribution >= 0.6 is 0 Å². The second-order valence-corrected chi connectivity index (χ2v) is 7.04. The van der Waals surface area contributed by atoms with E-state index in [2.05, 4.69) is 54.3 Å². The van der Waals surface area contributed by atoms with Gasteiger partial charge in [0.2, 0.25) is 5.91 Å². The molecule has 5 heteroatoms. The molecule has 1 saturated heterocycles. The van der Waals surface area contributed by atoms with Crippen molar-refractivity contribution < 1.29 is 4.79 Å². The maximum Gasteiger partial charge on any atom is 0.222 e. The third-order valence-electron chi connectivity index (χ3n) is 4.70. The first kappa shape index (κ1) is 29.2. The summed E-state index contributed by atoms with van der Waals surface area (Å²) in [6.07, 6.45) is 9.72. The van der Waals surface area contributed by atoms with E-state index in [1.807, 2.05) is 58.8 Å². The highest BCUT2D eigenvalue weighted by Crippen LogP contribution is 2.29. The SMILES string of the molecule is C=CC.CC.CC.CNc1ccc(C2=CCNC(C)=C2/C=C(\C)CN2CCCC2=O)cn1. The molecule has 2 N–H and O–H groups in total. The molecule has 0 saturated carbocycles. The van der Waals surface area contributed by atoms with Crippen molar-refractivity contribution in [2.45, 2.75) is 61.3 Å². The molecule has 3 heterocycles. The van der Waals surface area contributed by atoms with Crippen LogP contribution in [0.4, 0.5) is 5.82 Å². The third kappa shape index (κ3) is 9.13. The minimum absolute atomic E-state index is 0.267. The molecule has 0 aromatic carbocycles. The summed E-state index contributed by atoms with van der Waals surface area (Å²) in [4.78, 5) is 18.2. The number of anilines is 1. The Balaban J connectivity index is 0.00000124. The second kappa shape index (κ2) is 16.8. The summed E-state index contributed by atoms with van der Waals surface area (Å²) in [5.74, 6) is 1.13. The standard InChI is InChI=1S/C20H26N4O.C3H6.2C2H6/c1-14(13-24-10-4-5-20(24)25)11-18-15(2)22-9-8-17(18)16-6-7-19(21-3)23-12-16;1-3-2;2*1-2/h6-8,11-12,22H,4-5,9-10,13H2,1-3H3,(H,21,23);3H,1H2,2H3;2*1-2H3/b14-11+;;;. The normalized spacial score (nSPS) is 15.1. The molecule has 178 valence electrons. The van der Waals surface area contributed by atoms with Gasteiger partial charge in [-0.25, -0.2) is 4.98 Å². The van der Waals surface area contributed by atoms with E-state index < -0.39 is 0 Å². The molecule has 2 aliphatic rings. The molecule has 32 heavy (non-hydrogen) atoms. The predicted molar refractivity (Wildman–Crippen MR) is 141 cm³/mol. The zero-order chi connectivity index (χ0) is 24.5. The number of allylic oxidation sites excluding steroid dienone is 5. The Morgan fingerprint density at radius 1 is 1.28 bits per heavy atom. The van der Waals surface area contributed by atoms with Crippen LogP contribution in [0, 0.1) is 0 Å². The lowest BCUT2D eigenvalue weighted by Crippen LogP contribution is -2.26. The number of carbonyl (C=O) groups is 1. The van der Waals surface area contributed by atoms with Crippen LogP contribution in [-0.2, 0) is 4.79 Å². The van der Waals surface area contributed by atoms with Crippen molar-refractivity contribution in [3.05, 3.63) is 65.5 Å². The van der Waals surface area contributed by atoms with Crippen molar-refractivity contribution >= 4 is 17.3 Å². The van der Waals surface area contributed by atoms with Gasteiger partial charge in [0.05, 0.1) is 0 Å². The highest BCUT2D eigenvalue weighted by molar-refractivity contribution is 5.84. The van der Waals surface area contributed by atoms with Crippen LogP contribution in [0.25, 0.3) is 5.57 Å². The Bertz CT molecular complexity index is 788. The van der Waals surface area contributed by atoms with E-state index >= 15 is 0 Å². The van der Waals surface area contributed by atoms with E-state index in [9.17, 15) is 4.79 Å². The number of likely N-dealkylation sites (tertiary alicyclic amines) is 1. The van der Waals surface area contributed by atoms with Gasteiger partial charge in [0, 0.05) is 56.1 Å². The van der Waals surface area contributed by atoms with Crippen LogP contribution in [0.15, 0.2) is 60.0 Å². The Morgan fingerprint density at radius 3 is 2.44 bits per heavy atom. The largest absolute Gasteiger partial charge is 0.385 e. The van der Waals surface area contributed by atoms with Crippen molar-refractivity contribution in [3.63, 3.8) is 0 Å². The van der Waals surface area contributed by atoms with Crippen LogP contribution in [0.3, 0.4) is 0 Å². The molecule has 0 atom stereocenters. The van der Waals surface area contributed by atoms with Gasteiger partial charge >= 0.3 is 0 Å². The average molecular weight is 441 g/mol. The van der Waals surface area contributed by atoms with Gasteiger partial charge in [0.1, 0.15) is 5.82 Å². The average Bonchev–Trinajstić information content (AvgIpc) is 3.22. The molecule has 3 rings (SSSR count). The van der Waals surface area contributed by atoms with Crippen molar-refractivity contribution in [2.75, 3.05) is 32.0 Å². The van der Waals surface area contributed by atoms with Crippen LogP contribution in [0.1, 0.15) is 66.9 Å². The Hall–Kier alpha value is -2.82. The number of carbonyl (C=O) groups excluding carboxylic acids is 1. The van der Waals surface area contributed by atoms with Gasteiger partial charge in [0.25, 0.3) is 0 Å². The smallest absolute Gasteiger partial charge is 0.222 e. The van der Waals surface area contributed by atoms with Crippen molar-refractivity contribution in [1.29, 1.82) is 0 Å². The molecular formula is C27H44N4O. The van der Waals surface area contributed by atoms with Gasteiger partial charge in [-0.3, -0.25) is 4.79 Å². The molecular weight excluding hydrogens is 396 g/mol. The third-order valence-corrected chi connectivity index (χ3v) is 4.70. The zero-order valence-corrected chi connectivity index (χ0v) is 21.5. The molecule has 0 aliphatic carbocycles. The molecule has 0 spiro atoms. The summed E-state index contributed by atoms with van der Waals surface area (Å²) in [6, 6.07) is 4.08. The topological polar surface area (TPSA) is 57.3 Å². The molecule has 5 nitrogen and oxygen atoms in total. The van der Waals surface area contributed by atoms with Crippen LogP contribution in [0.5, 0.6) is 0 Å². The minimum Gasteiger partial charge on any atom is -0.385 e. The Kier molecular flexibility index (Phi) is 15.3. The first-order valence-electron chi connectivity index (χ1n) is 11.8. The van der Waals surface area contributed by atoms with Crippen LogP contribution in [0.2, 0.25) is 0 Å². The molecule has 1 aromatic heterocycles. The fraction of sp³-hybridized carbons (Fsp3) is 0.481. The van der Waals surface area contributed by atoms with Gasteiger partial charge in [-0.2, -0.15) is 0 Å². The molecule has 1 amide bonds. The maximum atomic E-state index is 11.9. The first-order valence-corrected chi connectivity index (χ1v) is 11.8. The molecule has 0 bridgehead atoms. The van der Waals surface area contributed by atoms with Crippen molar-refractivity contribution in [1.82, 2.24) is 15.2 Å². The summed E-state index contributed by atoms with van der Waals surface area (Å²) >= 11 is 0. The Labute approximate surface area is 196 Å². The van der Waals surface area contributed by atoms with E-state index in [0.717, 1.165) is 36.6 Å². The summed E-state index contributed by atoms with van der Waals surface area (Å²) in [5, 5.41) is 6.46. The predicted octanol–water partition coefficient (Wildman–Crippen LogP) is 6.20. The van der Waals surface area contributed by atoms with Crippen LogP contribution < -0.4 is 10.6 Å². The van der Waals surface area contributed by atoms with E-state index in [1.54, 1.807) is 6.08 Å². The summed E-state index contributed by atoms with van der Waals surface area (Å²) < 4.78 is 0. The molecule has 1 fully saturated rings. The quantitative estimate of drug-likeness (QED) is 0.535. The van der Waals surface area contributed by atoms with Crippen molar-refractivity contribution in [3.8, 4) is 0 Å².